The summed E-state index contributed by atoms with van der Waals surface area (Å²) in [5.74, 6) is 0. The van der Waals surface area contributed by atoms with Crippen LogP contribution in [-0.4, -0.2) is 25.1 Å². The van der Waals surface area contributed by atoms with Crippen LogP contribution < -0.4 is 0 Å². The smallest absolute Gasteiger partial charge is 0.0817 e. The molecular formula is C16H18ClNOS. The highest BCUT2D eigenvalue weighted by Gasteiger charge is 2.21. The molecule has 0 fully saturated rings. The Kier molecular flexibility index (Phi) is 4.13. The summed E-state index contributed by atoms with van der Waals surface area (Å²) in [7, 11) is 2.16. The highest BCUT2D eigenvalue weighted by molar-refractivity contribution is 7.19. The zero-order valence-corrected chi connectivity index (χ0v) is 13.2. The molecule has 1 aromatic carbocycles. The van der Waals surface area contributed by atoms with Crippen LogP contribution in [0, 0.1) is 0 Å². The van der Waals surface area contributed by atoms with Crippen LogP contribution in [0.4, 0.5) is 0 Å². The number of hydrogen-bond donors (Lipinski definition) is 0. The van der Waals surface area contributed by atoms with Crippen molar-refractivity contribution >= 4 is 33.0 Å². The van der Waals surface area contributed by atoms with E-state index in [0.29, 0.717) is 13.2 Å². The first-order chi connectivity index (χ1) is 9.70. The summed E-state index contributed by atoms with van der Waals surface area (Å²) in [5, 5.41) is 2.26. The van der Waals surface area contributed by atoms with Crippen molar-refractivity contribution in [2.75, 3.05) is 20.2 Å². The first-order valence-electron chi connectivity index (χ1n) is 6.79. The highest BCUT2D eigenvalue weighted by Crippen LogP contribution is 2.39. The van der Waals surface area contributed by atoms with Crippen LogP contribution in [0.3, 0.4) is 0 Å². The van der Waals surface area contributed by atoms with Crippen LogP contribution in [0.5, 0.6) is 0 Å². The minimum absolute atomic E-state index is 0.594. The van der Waals surface area contributed by atoms with E-state index in [1.54, 1.807) is 6.08 Å². The largest absolute Gasteiger partial charge is 0.372 e. The molecule has 0 amide bonds. The second-order valence-corrected chi connectivity index (χ2v) is 6.74. The molecule has 0 saturated heterocycles. The van der Waals surface area contributed by atoms with E-state index >= 15 is 0 Å². The molecule has 106 valence electrons. The Morgan fingerprint density at radius 3 is 3.10 bits per heavy atom. The average Bonchev–Trinajstić information content (AvgIpc) is 2.65. The van der Waals surface area contributed by atoms with Crippen molar-refractivity contribution in [1.82, 2.24) is 4.90 Å². The van der Waals surface area contributed by atoms with E-state index < -0.39 is 0 Å². The van der Waals surface area contributed by atoms with Crippen molar-refractivity contribution in [3.8, 4) is 0 Å². The van der Waals surface area contributed by atoms with Gasteiger partial charge in [-0.25, -0.2) is 0 Å². The third-order valence-corrected chi connectivity index (χ3v) is 5.25. The van der Waals surface area contributed by atoms with E-state index in [4.69, 9.17) is 16.3 Å². The summed E-state index contributed by atoms with van der Waals surface area (Å²) >= 11 is 8.24. The Hall–Kier alpha value is -0.870. The monoisotopic (exact) mass is 307 g/mol. The Balaban J connectivity index is 2.10. The maximum atomic E-state index is 6.41. The number of likely N-dealkylation sites (N-methyl/N-ethyl adjacent to an activating group) is 1. The van der Waals surface area contributed by atoms with E-state index in [2.05, 4.69) is 24.6 Å². The average molecular weight is 308 g/mol. The standard InChI is InChI=1S/C16H18ClNOS/c1-3-8-19-10-15-12-9-18(2)7-6-11-13(17)4-5-14(20-15)16(11)12/h3-5H,1,6-10H2,2H3. The molecule has 0 bridgehead atoms. The van der Waals surface area contributed by atoms with Crippen LogP contribution in [0.2, 0.25) is 5.02 Å². The molecular weight excluding hydrogens is 290 g/mol. The summed E-state index contributed by atoms with van der Waals surface area (Å²) in [4.78, 5) is 3.67. The summed E-state index contributed by atoms with van der Waals surface area (Å²) in [5.41, 5.74) is 2.70. The number of ether oxygens (including phenoxy) is 1. The minimum atomic E-state index is 0.594. The molecule has 0 spiro atoms. The van der Waals surface area contributed by atoms with Gasteiger partial charge in [-0.1, -0.05) is 17.7 Å². The number of benzene rings is 1. The molecule has 2 heterocycles. The minimum Gasteiger partial charge on any atom is -0.372 e. The number of rotatable bonds is 4. The van der Waals surface area contributed by atoms with E-state index in [-0.39, 0.29) is 0 Å². The Labute approximate surface area is 128 Å². The van der Waals surface area contributed by atoms with Crippen LogP contribution >= 0.6 is 22.9 Å². The van der Waals surface area contributed by atoms with Crippen molar-refractivity contribution in [2.24, 2.45) is 0 Å². The first-order valence-corrected chi connectivity index (χ1v) is 7.99. The quantitative estimate of drug-likeness (QED) is 0.618. The summed E-state index contributed by atoms with van der Waals surface area (Å²) in [6, 6.07) is 4.16. The SMILES string of the molecule is C=CCOCc1sc2ccc(Cl)c3c2c1CN(C)CC3. The Bertz CT molecular complexity index is 649. The van der Waals surface area contributed by atoms with Crippen molar-refractivity contribution in [3.63, 3.8) is 0 Å². The van der Waals surface area contributed by atoms with Gasteiger partial charge in [-0.3, -0.25) is 0 Å². The second kappa shape index (κ2) is 5.86. The predicted octanol–water partition coefficient (Wildman–Crippen LogP) is 4.25. The topological polar surface area (TPSA) is 12.5 Å². The molecule has 1 aliphatic rings. The lowest BCUT2D eigenvalue weighted by Gasteiger charge is -2.14. The number of hydrogen-bond acceptors (Lipinski definition) is 3. The van der Waals surface area contributed by atoms with Crippen molar-refractivity contribution < 1.29 is 4.74 Å². The third kappa shape index (κ3) is 2.51. The van der Waals surface area contributed by atoms with Gasteiger partial charge in [0.15, 0.2) is 0 Å². The Morgan fingerprint density at radius 2 is 2.30 bits per heavy atom. The molecule has 3 rings (SSSR count). The highest BCUT2D eigenvalue weighted by atomic mass is 35.5. The lowest BCUT2D eigenvalue weighted by molar-refractivity contribution is 0.150. The maximum absolute atomic E-state index is 6.41. The molecule has 0 unspecified atom stereocenters. The van der Waals surface area contributed by atoms with Gasteiger partial charge in [0, 0.05) is 33.1 Å². The number of thiophene rings is 1. The molecule has 4 heteroatoms. The fourth-order valence-corrected chi connectivity index (χ4v) is 4.20. The zero-order chi connectivity index (χ0) is 14.1. The maximum Gasteiger partial charge on any atom is 0.0817 e. The van der Waals surface area contributed by atoms with Crippen LogP contribution in [0.25, 0.3) is 10.1 Å². The fraction of sp³-hybridized carbons (Fsp3) is 0.375. The zero-order valence-electron chi connectivity index (χ0n) is 11.6. The predicted molar refractivity (Wildman–Crippen MR) is 86.7 cm³/mol. The van der Waals surface area contributed by atoms with Gasteiger partial charge in [0.25, 0.3) is 0 Å². The van der Waals surface area contributed by atoms with E-state index in [0.717, 1.165) is 24.5 Å². The van der Waals surface area contributed by atoms with Gasteiger partial charge in [0.2, 0.25) is 0 Å². The van der Waals surface area contributed by atoms with Crippen molar-refractivity contribution in [3.05, 3.63) is 45.8 Å². The summed E-state index contributed by atoms with van der Waals surface area (Å²) in [6.45, 7) is 6.97. The molecule has 1 aliphatic heterocycles. The van der Waals surface area contributed by atoms with E-state index in [9.17, 15) is 0 Å². The molecule has 2 nitrogen and oxygen atoms in total. The molecule has 0 saturated carbocycles. The Morgan fingerprint density at radius 1 is 1.45 bits per heavy atom. The van der Waals surface area contributed by atoms with Gasteiger partial charge >= 0.3 is 0 Å². The first kappa shape index (κ1) is 14.1. The molecule has 0 atom stereocenters. The van der Waals surface area contributed by atoms with Crippen LogP contribution in [-0.2, 0) is 24.3 Å². The second-order valence-electron chi connectivity index (χ2n) is 5.19. The molecule has 0 radical (unpaired) electrons. The van der Waals surface area contributed by atoms with Gasteiger partial charge in [-0.15, -0.1) is 17.9 Å². The van der Waals surface area contributed by atoms with Crippen LogP contribution in [0.1, 0.15) is 16.0 Å². The van der Waals surface area contributed by atoms with Crippen molar-refractivity contribution in [1.29, 1.82) is 0 Å². The molecule has 1 aromatic heterocycles. The summed E-state index contributed by atoms with van der Waals surface area (Å²) in [6.07, 6.45) is 2.81. The lowest BCUT2D eigenvalue weighted by Crippen LogP contribution is -2.19. The van der Waals surface area contributed by atoms with Gasteiger partial charge in [0.05, 0.1) is 13.2 Å². The van der Waals surface area contributed by atoms with Gasteiger partial charge < -0.3 is 9.64 Å². The van der Waals surface area contributed by atoms with Crippen molar-refractivity contribution in [2.45, 2.75) is 19.6 Å². The number of nitrogens with zero attached hydrogens (tertiary/aromatic N) is 1. The summed E-state index contributed by atoms with van der Waals surface area (Å²) < 4.78 is 6.98. The number of halogens is 1. The third-order valence-electron chi connectivity index (χ3n) is 3.73. The molecule has 2 aromatic rings. The molecule has 0 N–H and O–H groups in total. The van der Waals surface area contributed by atoms with Crippen LogP contribution in [0.15, 0.2) is 24.8 Å². The fourth-order valence-electron chi connectivity index (χ4n) is 2.77. The van der Waals surface area contributed by atoms with E-state index in [1.165, 1.54) is 26.1 Å². The molecule has 0 aliphatic carbocycles. The normalized spacial score (nSPS) is 15.5. The molecule has 20 heavy (non-hydrogen) atoms. The van der Waals surface area contributed by atoms with Gasteiger partial charge in [-0.2, -0.15) is 0 Å². The van der Waals surface area contributed by atoms with Gasteiger partial charge in [-0.05, 0) is 36.7 Å². The van der Waals surface area contributed by atoms with Gasteiger partial charge in [0.1, 0.15) is 0 Å². The lowest BCUT2D eigenvalue weighted by atomic mass is 10.0. The van der Waals surface area contributed by atoms with E-state index in [1.807, 2.05) is 17.4 Å².